The van der Waals surface area contributed by atoms with Gasteiger partial charge < -0.3 is 19.9 Å². The molecule has 1 amide bonds. The molecule has 9 nitrogen and oxygen atoms in total. The first-order chi connectivity index (χ1) is 13.6. The molecule has 0 saturated carbocycles. The molecule has 9 heteroatoms. The average molecular weight is 383 g/mol. The molecule has 0 spiro atoms. The fourth-order valence-corrected chi connectivity index (χ4v) is 2.77. The van der Waals surface area contributed by atoms with Gasteiger partial charge in [0.05, 0.1) is 19.4 Å². The number of aromatic hydroxyl groups is 1. The smallest absolute Gasteiger partial charge is 0.235 e. The number of H-pyrrole nitrogens is 1. The molecular formula is C19H21N5O4. The highest BCUT2D eigenvalue weighted by atomic mass is 16.5. The lowest BCUT2D eigenvalue weighted by Crippen LogP contribution is -2.24. The van der Waals surface area contributed by atoms with E-state index in [1.807, 2.05) is 19.1 Å². The van der Waals surface area contributed by atoms with E-state index in [-0.39, 0.29) is 17.5 Å². The van der Waals surface area contributed by atoms with Crippen LogP contribution in [-0.2, 0) is 11.2 Å². The zero-order valence-corrected chi connectivity index (χ0v) is 15.5. The third kappa shape index (κ3) is 4.37. The number of amides is 1. The number of aromatic amines is 1. The fraction of sp³-hybridized carbons (Fsp3) is 0.263. The van der Waals surface area contributed by atoms with Crippen molar-refractivity contribution in [2.45, 2.75) is 19.3 Å². The second-order valence-electron chi connectivity index (χ2n) is 5.95. The molecule has 0 aliphatic carbocycles. The van der Waals surface area contributed by atoms with Gasteiger partial charge in [-0.25, -0.2) is 0 Å². The number of carbonyl (C=O) groups is 1. The standard InChI is InChI=1S/C19H21N5O4/c1-3-28-16-7-5-4-6-14(16)20-19(26)13(18-21-23-24-22-18)10-12-8-9-15(25)17(11-12)27-2/h4-9,11,13,25H,3,10H2,1-2H3,(H,20,26)(H,21,22,23,24). The first-order valence-corrected chi connectivity index (χ1v) is 8.74. The Kier molecular flexibility index (Phi) is 6.05. The lowest BCUT2D eigenvalue weighted by molar-refractivity contribution is -0.117. The molecule has 1 aromatic heterocycles. The molecule has 0 radical (unpaired) electrons. The van der Waals surface area contributed by atoms with Gasteiger partial charge in [0.1, 0.15) is 11.7 Å². The Hall–Kier alpha value is -3.62. The summed E-state index contributed by atoms with van der Waals surface area (Å²) in [6, 6.07) is 12.1. The zero-order valence-electron chi connectivity index (χ0n) is 15.5. The first-order valence-electron chi connectivity index (χ1n) is 8.74. The summed E-state index contributed by atoms with van der Waals surface area (Å²) in [5.41, 5.74) is 1.34. The molecule has 28 heavy (non-hydrogen) atoms. The molecule has 1 heterocycles. The van der Waals surface area contributed by atoms with Crippen LogP contribution in [-0.4, -0.2) is 45.4 Å². The van der Waals surface area contributed by atoms with Crippen molar-refractivity contribution in [2.75, 3.05) is 19.0 Å². The Balaban J connectivity index is 1.86. The summed E-state index contributed by atoms with van der Waals surface area (Å²) in [5.74, 6) is 0.183. The van der Waals surface area contributed by atoms with Crippen LogP contribution in [0.3, 0.4) is 0 Å². The van der Waals surface area contributed by atoms with Crippen LogP contribution in [0.5, 0.6) is 17.2 Å². The number of methoxy groups -OCH3 is 1. The Morgan fingerprint density at radius 2 is 2.07 bits per heavy atom. The largest absolute Gasteiger partial charge is 0.504 e. The van der Waals surface area contributed by atoms with Gasteiger partial charge in [-0.15, -0.1) is 10.2 Å². The predicted octanol–water partition coefficient (Wildman–Crippen LogP) is 2.28. The molecule has 0 saturated heterocycles. The van der Waals surface area contributed by atoms with Crippen LogP contribution in [0.2, 0.25) is 0 Å². The molecule has 0 aliphatic heterocycles. The number of anilines is 1. The van der Waals surface area contributed by atoms with E-state index in [1.165, 1.54) is 13.2 Å². The summed E-state index contributed by atoms with van der Waals surface area (Å²) in [7, 11) is 1.47. The van der Waals surface area contributed by atoms with Crippen LogP contribution in [0.25, 0.3) is 0 Å². The normalized spacial score (nSPS) is 11.6. The maximum atomic E-state index is 13.0. The fourth-order valence-electron chi connectivity index (χ4n) is 2.77. The number of tetrazole rings is 1. The second kappa shape index (κ2) is 8.85. The van der Waals surface area contributed by atoms with Crippen molar-refractivity contribution in [3.63, 3.8) is 0 Å². The lowest BCUT2D eigenvalue weighted by Gasteiger charge is -2.16. The summed E-state index contributed by atoms with van der Waals surface area (Å²) >= 11 is 0. The van der Waals surface area contributed by atoms with Gasteiger partial charge >= 0.3 is 0 Å². The molecule has 3 aromatic rings. The van der Waals surface area contributed by atoms with Gasteiger partial charge in [0.15, 0.2) is 17.3 Å². The number of phenolic OH excluding ortho intramolecular Hbond substituents is 1. The molecule has 2 aromatic carbocycles. The summed E-state index contributed by atoms with van der Waals surface area (Å²) in [6.07, 6.45) is 0.290. The van der Waals surface area contributed by atoms with E-state index in [4.69, 9.17) is 9.47 Å². The number of para-hydroxylation sites is 2. The van der Waals surface area contributed by atoms with E-state index in [0.29, 0.717) is 30.2 Å². The molecule has 1 atom stereocenters. The van der Waals surface area contributed by atoms with Crippen molar-refractivity contribution in [1.82, 2.24) is 20.6 Å². The second-order valence-corrected chi connectivity index (χ2v) is 5.95. The Labute approximate surface area is 161 Å². The van der Waals surface area contributed by atoms with E-state index in [1.54, 1.807) is 24.3 Å². The number of benzene rings is 2. The zero-order chi connectivity index (χ0) is 19.9. The highest BCUT2D eigenvalue weighted by Gasteiger charge is 2.26. The minimum Gasteiger partial charge on any atom is -0.504 e. The van der Waals surface area contributed by atoms with E-state index in [9.17, 15) is 9.90 Å². The number of nitrogens with zero attached hydrogens (tertiary/aromatic N) is 3. The highest BCUT2D eigenvalue weighted by molar-refractivity contribution is 5.96. The van der Waals surface area contributed by atoms with E-state index < -0.39 is 5.92 Å². The SMILES string of the molecule is CCOc1ccccc1NC(=O)C(Cc1ccc(O)c(OC)c1)c1nn[nH]n1. The number of phenols is 1. The monoisotopic (exact) mass is 383 g/mol. The summed E-state index contributed by atoms with van der Waals surface area (Å²) in [5, 5.41) is 26.5. The van der Waals surface area contributed by atoms with Crippen LogP contribution < -0.4 is 14.8 Å². The summed E-state index contributed by atoms with van der Waals surface area (Å²) in [6.45, 7) is 2.35. The van der Waals surface area contributed by atoms with Crippen LogP contribution in [0.15, 0.2) is 42.5 Å². The first kappa shape index (κ1) is 19.2. The van der Waals surface area contributed by atoms with Crippen molar-refractivity contribution in [3.8, 4) is 17.2 Å². The Bertz CT molecular complexity index is 930. The minimum absolute atomic E-state index is 0.0254. The van der Waals surface area contributed by atoms with Crippen LogP contribution in [0, 0.1) is 0 Å². The van der Waals surface area contributed by atoms with E-state index >= 15 is 0 Å². The number of nitrogens with one attached hydrogen (secondary N) is 2. The maximum absolute atomic E-state index is 13.0. The van der Waals surface area contributed by atoms with Crippen LogP contribution in [0.4, 0.5) is 5.69 Å². The average Bonchev–Trinajstić information content (AvgIpc) is 3.23. The van der Waals surface area contributed by atoms with Gasteiger partial charge in [0.25, 0.3) is 0 Å². The van der Waals surface area contributed by atoms with Crippen molar-refractivity contribution < 1.29 is 19.4 Å². The number of carbonyl (C=O) groups excluding carboxylic acids is 1. The number of hydrogen-bond acceptors (Lipinski definition) is 7. The van der Waals surface area contributed by atoms with E-state index in [2.05, 4.69) is 25.9 Å². The quantitative estimate of drug-likeness (QED) is 0.545. The van der Waals surface area contributed by atoms with Gasteiger partial charge in [-0.2, -0.15) is 5.21 Å². The third-order valence-corrected chi connectivity index (χ3v) is 4.12. The van der Waals surface area contributed by atoms with Crippen LogP contribution >= 0.6 is 0 Å². The number of ether oxygens (including phenoxy) is 2. The Morgan fingerprint density at radius 1 is 1.25 bits per heavy atom. The predicted molar refractivity (Wildman–Crippen MR) is 102 cm³/mol. The maximum Gasteiger partial charge on any atom is 0.235 e. The molecule has 146 valence electrons. The number of aromatic nitrogens is 4. The Morgan fingerprint density at radius 3 is 2.79 bits per heavy atom. The molecule has 0 aliphatic rings. The third-order valence-electron chi connectivity index (χ3n) is 4.12. The van der Waals surface area contributed by atoms with Crippen LogP contribution in [0.1, 0.15) is 24.2 Å². The van der Waals surface area contributed by atoms with E-state index in [0.717, 1.165) is 5.56 Å². The molecular weight excluding hydrogens is 362 g/mol. The van der Waals surface area contributed by atoms with Gasteiger partial charge in [-0.1, -0.05) is 23.4 Å². The van der Waals surface area contributed by atoms with Crippen molar-refractivity contribution in [3.05, 3.63) is 53.9 Å². The van der Waals surface area contributed by atoms with Crippen molar-refractivity contribution in [2.24, 2.45) is 0 Å². The molecule has 3 rings (SSSR count). The molecule has 3 N–H and O–H groups in total. The van der Waals surface area contributed by atoms with Gasteiger partial charge in [0.2, 0.25) is 5.91 Å². The van der Waals surface area contributed by atoms with Crippen molar-refractivity contribution >= 4 is 11.6 Å². The number of rotatable bonds is 8. The topological polar surface area (TPSA) is 122 Å². The molecule has 0 bridgehead atoms. The summed E-state index contributed by atoms with van der Waals surface area (Å²) in [4.78, 5) is 13.0. The summed E-state index contributed by atoms with van der Waals surface area (Å²) < 4.78 is 10.7. The highest BCUT2D eigenvalue weighted by Crippen LogP contribution is 2.30. The lowest BCUT2D eigenvalue weighted by atomic mass is 9.97. The van der Waals surface area contributed by atoms with Gasteiger partial charge in [-0.05, 0) is 43.2 Å². The van der Waals surface area contributed by atoms with Gasteiger partial charge in [-0.3, -0.25) is 4.79 Å². The van der Waals surface area contributed by atoms with Gasteiger partial charge in [0, 0.05) is 0 Å². The van der Waals surface area contributed by atoms with Crippen molar-refractivity contribution in [1.29, 1.82) is 0 Å². The molecule has 0 fully saturated rings. The number of hydrogen-bond donors (Lipinski definition) is 3. The minimum atomic E-state index is -0.706. The molecule has 1 unspecified atom stereocenters.